The van der Waals surface area contributed by atoms with Crippen molar-refractivity contribution < 1.29 is 13.2 Å². The van der Waals surface area contributed by atoms with Gasteiger partial charge >= 0.3 is 5.51 Å². The lowest BCUT2D eigenvalue weighted by Gasteiger charge is -2.34. The molecule has 0 bridgehead atoms. The molecule has 1 aromatic rings. The van der Waals surface area contributed by atoms with Crippen LogP contribution in [0.2, 0.25) is 0 Å². The minimum absolute atomic E-state index is 0.0339. The minimum Gasteiger partial charge on any atom is -0.160 e. The Bertz CT molecular complexity index is 560. The van der Waals surface area contributed by atoms with Crippen molar-refractivity contribution in [1.29, 1.82) is 0 Å². The van der Waals surface area contributed by atoms with E-state index in [0.717, 1.165) is 24.8 Å². The molecule has 1 aromatic carbocycles. The third-order valence-electron chi connectivity index (χ3n) is 3.71. The third-order valence-corrected chi connectivity index (χ3v) is 7.98. The lowest BCUT2D eigenvalue weighted by Crippen LogP contribution is -2.17. The average Bonchev–Trinajstić information content (AvgIpc) is 3.13. The van der Waals surface area contributed by atoms with E-state index in [-0.39, 0.29) is 10.8 Å². The summed E-state index contributed by atoms with van der Waals surface area (Å²) in [5.41, 5.74) is -2.65. The van der Waals surface area contributed by atoms with Crippen LogP contribution in [0.15, 0.2) is 28.0 Å². The molecule has 1 aliphatic heterocycles. The Hall–Kier alpha value is -0.610. The Labute approximate surface area is 116 Å². The van der Waals surface area contributed by atoms with Gasteiger partial charge in [-0.25, -0.2) is 0 Å². The zero-order valence-corrected chi connectivity index (χ0v) is 12.0. The predicted octanol–water partition coefficient (Wildman–Crippen LogP) is 5.85. The van der Waals surface area contributed by atoms with Gasteiger partial charge in [-0.15, -0.1) is 0 Å². The van der Waals surface area contributed by atoms with Gasteiger partial charge in [-0.2, -0.15) is 13.2 Å². The van der Waals surface area contributed by atoms with Crippen LogP contribution in [0, 0.1) is 5.92 Å². The van der Waals surface area contributed by atoms with Crippen LogP contribution >= 0.6 is 19.9 Å². The summed E-state index contributed by atoms with van der Waals surface area (Å²) < 4.78 is 40.5. The van der Waals surface area contributed by atoms with Gasteiger partial charge in [-0.05, 0) is 73.3 Å². The summed E-state index contributed by atoms with van der Waals surface area (Å²) in [5.74, 6) is 0.0339. The van der Waals surface area contributed by atoms with Gasteiger partial charge in [0.2, 0.25) is 0 Å². The molecular weight excluding hydrogens is 293 g/mol. The normalized spacial score (nSPS) is 29.6. The molecule has 1 saturated carbocycles. The van der Waals surface area contributed by atoms with E-state index in [0.29, 0.717) is 10.5 Å². The molecule has 0 aromatic heterocycles. The molecular formula is C14H14ClF3S. The molecule has 1 atom stereocenters. The molecule has 0 nitrogen and oxygen atoms in total. The third kappa shape index (κ3) is 1.91. The van der Waals surface area contributed by atoms with Gasteiger partial charge in [0.25, 0.3) is 0 Å². The number of alkyl halides is 3. The summed E-state index contributed by atoms with van der Waals surface area (Å²) in [6.45, 7) is 1.99. The van der Waals surface area contributed by atoms with Gasteiger partial charge in [0, 0.05) is 4.90 Å². The fraction of sp³-hybridized carbons (Fsp3) is 0.429. The predicted molar refractivity (Wildman–Crippen MR) is 74.3 cm³/mol. The molecule has 1 heterocycles. The lowest BCUT2D eigenvalue weighted by atomic mass is 10.1. The minimum atomic E-state index is -4.37. The highest BCUT2D eigenvalue weighted by atomic mass is 35.7. The lowest BCUT2D eigenvalue weighted by molar-refractivity contribution is -0.0360. The van der Waals surface area contributed by atoms with Crippen LogP contribution in [0.4, 0.5) is 13.2 Å². The van der Waals surface area contributed by atoms with Gasteiger partial charge in [0.05, 0.1) is 0 Å². The summed E-state index contributed by atoms with van der Waals surface area (Å²) in [6.07, 6.45) is 4.18. The van der Waals surface area contributed by atoms with E-state index in [9.17, 15) is 13.2 Å². The Morgan fingerprint density at radius 2 is 2.00 bits per heavy atom. The van der Waals surface area contributed by atoms with E-state index < -0.39 is 14.7 Å². The van der Waals surface area contributed by atoms with E-state index >= 15 is 0 Å². The molecule has 104 valence electrons. The first kappa shape index (κ1) is 13.4. The topological polar surface area (TPSA) is 0 Å². The van der Waals surface area contributed by atoms with Crippen LogP contribution in [0.3, 0.4) is 0 Å². The highest BCUT2D eigenvalue weighted by Crippen LogP contribution is 2.82. The number of fused-ring (bicyclic) bond motifs is 1. The maximum atomic E-state index is 13.5. The number of hydrogen-bond acceptors (Lipinski definition) is 0. The van der Waals surface area contributed by atoms with E-state index in [1.54, 1.807) is 18.2 Å². The Morgan fingerprint density at radius 3 is 2.53 bits per heavy atom. The Kier molecular flexibility index (Phi) is 2.95. The second-order valence-corrected chi connectivity index (χ2v) is 8.87. The first-order valence-electron chi connectivity index (χ1n) is 6.31. The molecule has 5 heteroatoms. The van der Waals surface area contributed by atoms with Crippen molar-refractivity contribution in [3.05, 3.63) is 34.2 Å². The molecule has 1 aliphatic carbocycles. The standard InChI is InChI=1S/C14H14ClF3S/c1-2-9-3-6-12-11(7-9)8-13(10-4-5-10)19(12,15)14(16,17)18/h3,6-8,10H,2,4-5H2,1H3. The number of hydrogen-bond donors (Lipinski definition) is 0. The molecule has 0 N–H and O–H groups in total. The van der Waals surface area contributed by atoms with Crippen molar-refractivity contribution in [3.8, 4) is 0 Å². The molecule has 0 radical (unpaired) electrons. The number of benzene rings is 1. The Balaban J connectivity index is 2.17. The number of allylic oxidation sites excluding steroid dienone is 1. The van der Waals surface area contributed by atoms with Crippen molar-refractivity contribution in [2.75, 3.05) is 0 Å². The second kappa shape index (κ2) is 4.19. The summed E-state index contributed by atoms with van der Waals surface area (Å²) in [7, 11) is 2.82. The number of halogens is 4. The average molecular weight is 307 g/mol. The fourth-order valence-corrected chi connectivity index (χ4v) is 5.91. The van der Waals surface area contributed by atoms with E-state index in [2.05, 4.69) is 0 Å². The first-order valence-corrected chi connectivity index (χ1v) is 8.77. The highest BCUT2D eigenvalue weighted by molar-refractivity contribution is 8.54. The van der Waals surface area contributed by atoms with Gasteiger partial charge in [0.1, 0.15) is 0 Å². The summed E-state index contributed by atoms with van der Waals surface area (Å²) >= 11 is 0. The van der Waals surface area contributed by atoms with E-state index in [4.69, 9.17) is 10.7 Å². The Morgan fingerprint density at radius 1 is 1.32 bits per heavy atom. The van der Waals surface area contributed by atoms with Crippen molar-refractivity contribution >= 4 is 26.0 Å². The zero-order chi connectivity index (χ0) is 13.8. The van der Waals surface area contributed by atoms with Crippen LogP contribution in [0.1, 0.15) is 30.9 Å². The quantitative estimate of drug-likeness (QED) is 0.643. The molecule has 19 heavy (non-hydrogen) atoms. The smallest absolute Gasteiger partial charge is 0.160 e. The van der Waals surface area contributed by atoms with Crippen molar-refractivity contribution in [2.24, 2.45) is 5.92 Å². The highest BCUT2D eigenvalue weighted by Gasteiger charge is 2.58. The van der Waals surface area contributed by atoms with Crippen LogP contribution in [-0.2, 0) is 6.42 Å². The zero-order valence-electron chi connectivity index (χ0n) is 10.4. The van der Waals surface area contributed by atoms with Crippen molar-refractivity contribution in [3.63, 3.8) is 0 Å². The van der Waals surface area contributed by atoms with Crippen LogP contribution in [-0.4, -0.2) is 5.51 Å². The van der Waals surface area contributed by atoms with E-state index in [1.165, 1.54) is 0 Å². The van der Waals surface area contributed by atoms with Gasteiger partial charge in [-0.3, -0.25) is 0 Å². The molecule has 3 rings (SSSR count). The summed E-state index contributed by atoms with van der Waals surface area (Å²) in [4.78, 5) is 0.700. The van der Waals surface area contributed by atoms with E-state index in [1.807, 2.05) is 13.0 Å². The second-order valence-electron chi connectivity index (χ2n) is 5.03. The molecule has 2 aliphatic rings. The monoisotopic (exact) mass is 306 g/mol. The molecule has 0 amide bonds. The fourth-order valence-electron chi connectivity index (χ4n) is 2.52. The maximum Gasteiger partial charge on any atom is 0.445 e. The number of rotatable bonds is 2. The summed E-state index contributed by atoms with van der Waals surface area (Å²) in [5, 5.41) is 0. The van der Waals surface area contributed by atoms with Gasteiger partial charge < -0.3 is 0 Å². The molecule has 1 fully saturated rings. The number of aryl methyl sites for hydroxylation is 1. The SMILES string of the molecule is CCc1ccc2c(c1)C=C(C1CC1)S2(Cl)C(F)(F)F. The van der Waals surface area contributed by atoms with Crippen molar-refractivity contribution in [1.82, 2.24) is 0 Å². The van der Waals surface area contributed by atoms with Crippen LogP contribution < -0.4 is 0 Å². The first-order chi connectivity index (χ1) is 8.88. The van der Waals surface area contributed by atoms with Gasteiger partial charge in [0.15, 0.2) is 0 Å². The maximum absolute atomic E-state index is 13.5. The molecule has 0 saturated heterocycles. The molecule has 1 unspecified atom stereocenters. The van der Waals surface area contributed by atoms with Crippen molar-refractivity contribution in [2.45, 2.75) is 36.6 Å². The summed E-state index contributed by atoms with van der Waals surface area (Å²) in [6, 6.07) is 5.19. The van der Waals surface area contributed by atoms with Crippen LogP contribution in [0.5, 0.6) is 0 Å². The molecule has 0 spiro atoms. The van der Waals surface area contributed by atoms with Crippen LogP contribution in [0.25, 0.3) is 6.08 Å². The van der Waals surface area contributed by atoms with Gasteiger partial charge in [-0.1, -0.05) is 19.1 Å². The largest absolute Gasteiger partial charge is 0.445 e.